The molecule has 0 radical (unpaired) electrons. The first kappa shape index (κ1) is 15.2. The summed E-state index contributed by atoms with van der Waals surface area (Å²) in [6.45, 7) is 3.87. The van der Waals surface area contributed by atoms with Gasteiger partial charge in [0.25, 0.3) is 0 Å². The summed E-state index contributed by atoms with van der Waals surface area (Å²) in [6.07, 6.45) is -0.484. The number of aliphatic hydroxyl groups excluding tert-OH is 1. The van der Waals surface area contributed by atoms with E-state index in [2.05, 4.69) is 5.32 Å². The third-order valence-electron chi connectivity index (χ3n) is 2.85. The zero-order valence-electron chi connectivity index (χ0n) is 11.4. The fraction of sp³-hybridized carbons (Fsp3) is 0.429. The minimum Gasteiger partial charge on any atom is -0.392 e. The quantitative estimate of drug-likeness (QED) is 0.835. The minimum atomic E-state index is -0.484. The summed E-state index contributed by atoms with van der Waals surface area (Å²) in [4.78, 5) is 13.8. The second-order valence-corrected chi connectivity index (χ2v) is 4.65. The predicted molar refractivity (Wildman–Crippen MR) is 73.6 cm³/mol. The van der Waals surface area contributed by atoms with Gasteiger partial charge in [-0.05, 0) is 39.1 Å². The Hall–Kier alpha value is -1.90. The molecule has 102 valence electrons. The molecule has 0 aliphatic carbocycles. The van der Waals surface area contributed by atoms with Gasteiger partial charge < -0.3 is 10.4 Å². The number of rotatable bonds is 5. The van der Waals surface area contributed by atoms with Crippen molar-refractivity contribution in [2.24, 2.45) is 0 Å². The summed E-state index contributed by atoms with van der Waals surface area (Å²) < 4.78 is 0. The van der Waals surface area contributed by atoms with Crippen LogP contribution in [0.1, 0.15) is 19.4 Å². The van der Waals surface area contributed by atoms with Gasteiger partial charge >= 0.3 is 0 Å². The molecule has 0 saturated carbocycles. The molecule has 1 aromatic carbocycles. The molecule has 1 aromatic rings. The van der Waals surface area contributed by atoms with E-state index in [1.54, 1.807) is 50.1 Å². The summed E-state index contributed by atoms with van der Waals surface area (Å²) in [7, 11) is 1.78. The van der Waals surface area contributed by atoms with E-state index in [4.69, 9.17) is 5.26 Å². The van der Waals surface area contributed by atoms with E-state index < -0.39 is 6.10 Å². The molecule has 0 fully saturated rings. The zero-order valence-corrected chi connectivity index (χ0v) is 11.4. The van der Waals surface area contributed by atoms with E-state index >= 15 is 0 Å². The van der Waals surface area contributed by atoms with E-state index in [-0.39, 0.29) is 11.9 Å². The molecule has 5 nitrogen and oxygen atoms in total. The van der Waals surface area contributed by atoms with Crippen LogP contribution in [0, 0.1) is 11.3 Å². The summed E-state index contributed by atoms with van der Waals surface area (Å²) in [5.74, 6) is -0.168. The van der Waals surface area contributed by atoms with Crippen LogP contribution >= 0.6 is 0 Å². The third kappa shape index (κ3) is 4.70. The second kappa shape index (κ2) is 6.88. The maximum Gasteiger partial charge on any atom is 0.241 e. The van der Waals surface area contributed by atoms with Gasteiger partial charge in [0.05, 0.1) is 23.8 Å². The number of hydrogen-bond acceptors (Lipinski definition) is 4. The lowest BCUT2D eigenvalue weighted by Crippen LogP contribution is -2.42. The molecule has 1 rings (SSSR count). The maximum atomic E-state index is 12.0. The van der Waals surface area contributed by atoms with Gasteiger partial charge in [-0.15, -0.1) is 0 Å². The van der Waals surface area contributed by atoms with Crippen LogP contribution in [0.25, 0.3) is 0 Å². The molecule has 0 spiro atoms. The Morgan fingerprint density at radius 3 is 2.79 bits per heavy atom. The first-order valence-electron chi connectivity index (χ1n) is 6.13. The number of amides is 1. The Bertz CT molecular complexity index is 480. The van der Waals surface area contributed by atoms with Crippen molar-refractivity contribution in [3.8, 4) is 6.07 Å². The van der Waals surface area contributed by atoms with Crippen molar-refractivity contribution in [1.29, 1.82) is 5.26 Å². The molecule has 5 heteroatoms. The average Bonchev–Trinajstić information content (AvgIpc) is 2.37. The SMILES string of the molecule is CC(O)CN(C)C(C)C(=O)Nc1cccc(C#N)c1. The average molecular weight is 261 g/mol. The van der Waals surface area contributed by atoms with Crippen molar-refractivity contribution in [1.82, 2.24) is 4.90 Å². The third-order valence-corrected chi connectivity index (χ3v) is 2.85. The monoisotopic (exact) mass is 261 g/mol. The van der Waals surface area contributed by atoms with Crippen molar-refractivity contribution in [2.75, 3.05) is 18.9 Å². The van der Waals surface area contributed by atoms with Crippen LogP contribution in [-0.2, 0) is 4.79 Å². The number of benzene rings is 1. The van der Waals surface area contributed by atoms with Crippen LogP contribution in [-0.4, -0.2) is 41.7 Å². The molecule has 0 saturated heterocycles. The van der Waals surface area contributed by atoms with Crippen LogP contribution in [0.5, 0.6) is 0 Å². The highest BCUT2D eigenvalue weighted by molar-refractivity contribution is 5.94. The molecule has 2 atom stereocenters. The van der Waals surface area contributed by atoms with Crippen LogP contribution in [0.15, 0.2) is 24.3 Å². The van der Waals surface area contributed by atoms with Gasteiger partial charge in [0.15, 0.2) is 0 Å². The van der Waals surface area contributed by atoms with E-state index in [1.165, 1.54) is 0 Å². The van der Waals surface area contributed by atoms with Crippen molar-refractivity contribution in [2.45, 2.75) is 26.0 Å². The van der Waals surface area contributed by atoms with Crippen molar-refractivity contribution in [3.05, 3.63) is 29.8 Å². The molecule has 2 unspecified atom stereocenters. The molecule has 1 amide bonds. The summed E-state index contributed by atoms with van der Waals surface area (Å²) >= 11 is 0. The molecule has 0 aliphatic heterocycles. The van der Waals surface area contributed by atoms with Crippen molar-refractivity contribution >= 4 is 11.6 Å². The highest BCUT2D eigenvalue weighted by Crippen LogP contribution is 2.11. The number of hydrogen-bond donors (Lipinski definition) is 2. The molecular formula is C14H19N3O2. The van der Waals surface area contributed by atoms with E-state index in [1.807, 2.05) is 6.07 Å². The van der Waals surface area contributed by atoms with Crippen LogP contribution in [0.4, 0.5) is 5.69 Å². The number of anilines is 1. The second-order valence-electron chi connectivity index (χ2n) is 4.65. The molecule has 0 aromatic heterocycles. The normalized spacial score (nSPS) is 13.7. The van der Waals surface area contributed by atoms with Crippen LogP contribution in [0.2, 0.25) is 0 Å². The van der Waals surface area contributed by atoms with E-state index in [0.29, 0.717) is 17.8 Å². The molecule has 0 heterocycles. The van der Waals surface area contributed by atoms with E-state index in [0.717, 1.165) is 0 Å². The largest absolute Gasteiger partial charge is 0.392 e. The smallest absolute Gasteiger partial charge is 0.241 e. The topological polar surface area (TPSA) is 76.4 Å². The van der Waals surface area contributed by atoms with Gasteiger partial charge in [-0.2, -0.15) is 5.26 Å². The lowest BCUT2D eigenvalue weighted by Gasteiger charge is -2.24. The number of aliphatic hydroxyl groups is 1. The first-order valence-corrected chi connectivity index (χ1v) is 6.13. The lowest BCUT2D eigenvalue weighted by atomic mass is 10.2. The van der Waals surface area contributed by atoms with Gasteiger partial charge in [-0.3, -0.25) is 9.69 Å². The molecule has 0 bridgehead atoms. The standard InChI is InChI=1S/C14H19N3O2/c1-10(18)9-17(3)11(2)14(19)16-13-6-4-5-12(7-13)8-15/h4-7,10-11,18H,9H2,1-3H3,(H,16,19). The predicted octanol–water partition coefficient (Wildman–Crippen LogP) is 1.20. The Morgan fingerprint density at radius 2 is 2.21 bits per heavy atom. The zero-order chi connectivity index (χ0) is 14.4. The number of nitriles is 1. The first-order chi connectivity index (χ1) is 8.93. The van der Waals surface area contributed by atoms with Crippen molar-refractivity contribution < 1.29 is 9.90 Å². The number of nitrogens with zero attached hydrogens (tertiary/aromatic N) is 2. The van der Waals surface area contributed by atoms with Gasteiger partial charge in [0.1, 0.15) is 0 Å². The summed E-state index contributed by atoms with van der Waals surface area (Å²) in [6, 6.07) is 8.42. The van der Waals surface area contributed by atoms with Gasteiger partial charge in [-0.1, -0.05) is 6.07 Å². The Balaban J connectivity index is 2.66. The van der Waals surface area contributed by atoms with Crippen LogP contribution in [0.3, 0.4) is 0 Å². The molecular weight excluding hydrogens is 242 g/mol. The minimum absolute atomic E-state index is 0.168. The lowest BCUT2D eigenvalue weighted by molar-refractivity contribution is -0.120. The Morgan fingerprint density at radius 1 is 1.53 bits per heavy atom. The van der Waals surface area contributed by atoms with Crippen LogP contribution < -0.4 is 5.32 Å². The Kier molecular flexibility index (Phi) is 5.49. The highest BCUT2D eigenvalue weighted by atomic mass is 16.3. The fourth-order valence-corrected chi connectivity index (χ4v) is 1.69. The number of nitrogens with one attached hydrogen (secondary N) is 1. The number of likely N-dealkylation sites (N-methyl/N-ethyl adjacent to an activating group) is 1. The molecule has 2 N–H and O–H groups in total. The van der Waals surface area contributed by atoms with Gasteiger partial charge in [0, 0.05) is 12.2 Å². The molecule has 19 heavy (non-hydrogen) atoms. The fourth-order valence-electron chi connectivity index (χ4n) is 1.69. The summed E-state index contributed by atoms with van der Waals surface area (Å²) in [5, 5.41) is 20.9. The van der Waals surface area contributed by atoms with Gasteiger partial charge in [-0.25, -0.2) is 0 Å². The number of carbonyl (C=O) groups excluding carboxylic acids is 1. The highest BCUT2D eigenvalue weighted by Gasteiger charge is 2.19. The van der Waals surface area contributed by atoms with E-state index in [9.17, 15) is 9.90 Å². The molecule has 0 aliphatic rings. The van der Waals surface area contributed by atoms with Gasteiger partial charge in [0.2, 0.25) is 5.91 Å². The van der Waals surface area contributed by atoms with Crippen molar-refractivity contribution in [3.63, 3.8) is 0 Å². The Labute approximate surface area is 113 Å². The number of carbonyl (C=O) groups is 1. The maximum absolute atomic E-state index is 12.0. The summed E-state index contributed by atoms with van der Waals surface area (Å²) in [5.41, 5.74) is 1.10.